The van der Waals surface area contributed by atoms with Gasteiger partial charge in [-0.2, -0.15) is 0 Å². The van der Waals surface area contributed by atoms with Gasteiger partial charge >= 0.3 is 0 Å². The van der Waals surface area contributed by atoms with E-state index in [9.17, 15) is 4.79 Å². The van der Waals surface area contributed by atoms with Crippen LogP contribution in [0.5, 0.6) is 17.2 Å². The first-order chi connectivity index (χ1) is 14.1. The molecule has 0 heterocycles. The molecule has 6 heteroatoms. The van der Waals surface area contributed by atoms with Crippen LogP contribution in [-0.2, 0) is 6.61 Å². The molecule has 3 aromatic rings. The van der Waals surface area contributed by atoms with E-state index in [0.717, 1.165) is 5.56 Å². The van der Waals surface area contributed by atoms with Crippen molar-refractivity contribution < 1.29 is 19.0 Å². The zero-order valence-corrected chi connectivity index (χ0v) is 17.0. The number of amides is 1. The molecule has 1 N–H and O–H groups in total. The first-order valence-corrected chi connectivity index (χ1v) is 9.57. The molecule has 3 aromatic carbocycles. The van der Waals surface area contributed by atoms with E-state index in [1.165, 1.54) is 0 Å². The Balaban J connectivity index is 1.79. The molecule has 0 unspecified atom stereocenters. The number of benzene rings is 3. The second-order valence-corrected chi connectivity index (χ2v) is 6.57. The lowest BCUT2D eigenvalue weighted by Crippen LogP contribution is -2.13. The van der Waals surface area contributed by atoms with Gasteiger partial charge in [0, 0.05) is 22.9 Å². The van der Waals surface area contributed by atoms with Crippen molar-refractivity contribution in [3.05, 3.63) is 82.9 Å². The van der Waals surface area contributed by atoms with Crippen LogP contribution in [0.1, 0.15) is 22.8 Å². The molecule has 0 aliphatic rings. The third-order valence-electron chi connectivity index (χ3n) is 4.17. The van der Waals surface area contributed by atoms with Crippen molar-refractivity contribution in [2.24, 2.45) is 0 Å². The second-order valence-electron chi connectivity index (χ2n) is 6.16. The fourth-order valence-corrected chi connectivity index (χ4v) is 2.94. The Morgan fingerprint density at radius 3 is 2.55 bits per heavy atom. The first-order valence-electron chi connectivity index (χ1n) is 9.19. The van der Waals surface area contributed by atoms with Gasteiger partial charge in [-0.1, -0.05) is 29.8 Å². The molecule has 1 amide bonds. The van der Waals surface area contributed by atoms with Crippen LogP contribution in [0, 0.1) is 0 Å². The summed E-state index contributed by atoms with van der Waals surface area (Å²) in [6.45, 7) is 2.63. The average Bonchev–Trinajstić information content (AvgIpc) is 2.74. The van der Waals surface area contributed by atoms with Gasteiger partial charge in [-0.3, -0.25) is 4.79 Å². The average molecular weight is 412 g/mol. The minimum absolute atomic E-state index is 0.222. The predicted octanol–water partition coefficient (Wildman–Crippen LogP) is 5.58. The molecule has 0 aromatic heterocycles. The smallest absolute Gasteiger partial charge is 0.255 e. The molecule has 0 bridgehead atoms. The number of methoxy groups -OCH3 is 1. The van der Waals surface area contributed by atoms with Crippen molar-refractivity contribution >= 4 is 23.2 Å². The lowest BCUT2D eigenvalue weighted by molar-refractivity contribution is 0.102. The summed E-state index contributed by atoms with van der Waals surface area (Å²) in [5.74, 6) is 1.67. The molecule has 5 nitrogen and oxygen atoms in total. The Kier molecular flexibility index (Phi) is 6.98. The van der Waals surface area contributed by atoms with Crippen molar-refractivity contribution in [2.45, 2.75) is 13.5 Å². The highest BCUT2D eigenvalue weighted by molar-refractivity contribution is 6.32. The second kappa shape index (κ2) is 9.85. The number of anilines is 1. The quantitative estimate of drug-likeness (QED) is 0.525. The summed E-state index contributed by atoms with van der Waals surface area (Å²) in [5.41, 5.74) is 1.90. The molecular formula is C23H22ClNO4. The van der Waals surface area contributed by atoms with Crippen molar-refractivity contribution in [3.8, 4) is 17.2 Å². The third-order valence-corrected chi connectivity index (χ3v) is 4.48. The Morgan fingerprint density at radius 2 is 1.79 bits per heavy atom. The summed E-state index contributed by atoms with van der Waals surface area (Å²) in [4.78, 5) is 12.7. The van der Waals surface area contributed by atoms with Crippen LogP contribution in [0.4, 0.5) is 5.69 Å². The Labute approximate surface area is 175 Å². The maximum atomic E-state index is 12.7. The molecule has 0 atom stereocenters. The molecular weight excluding hydrogens is 390 g/mol. The van der Waals surface area contributed by atoms with Crippen molar-refractivity contribution in [1.29, 1.82) is 0 Å². The highest BCUT2D eigenvalue weighted by Gasteiger charge is 2.13. The zero-order chi connectivity index (χ0) is 20.6. The van der Waals surface area contributed by atoms with Gasteiger partial charge < -0.3 is 19.5 Å². The van der Waals surface area contributed by atoms with Gasteiger partial charge in [0.25, 0.3) is 5.91 Å². The van der Waals surface area contributed by atoms with E-state index in [1.54, 1.807) is 49.6 Å². The van der Waals surface area contributed by atoms with Crippen LogP contribution in [0.3, 0.4) is 0 Å². The van der Waals surface area contributed by atoms with E-state index in [0.29, 0.717) is 40.1 Å². The Morgan fingerprint density at radius 1 is 0.966 bits per heavy atom. The fraction of sp³-hybridized carbons (Fsp3) is 0.174. The van der Waals surface area contributed by atoms with Crippen LogP contribution < -0.4 is 19.5 Å². The van der Waals surface area contributed by atoms with Gasteiger partial charge in [-0.05, 0) is 49.4 Å². The van der Waals surface area contributed by atoms with E-state index in [2.05, 4.69) is 5.32 Å². The summed E-state index contributed by atoms with van der Waals surface area (Å²) in [6, 6.07) is 19.7. The number of carbonyl (C=O) groups excluding carboxylic acids is 1. The van der Waals surface area contributed by atoms with E-state index in [4.69, 9.17) is 25.8 Å². The Hall–Kier alpha value is -3.18. The number of para-hydroxylation sites is 1. The van der Waals surface area contributed by atoms with Crippen LogP contribution in [0.15, 0.2) is 66.7 Å². The van der Waals surface area contributed by atoms with E-state index >= 15 is 0 Å². The number of hydrogen-bond donors (Lipinski definition) is 1. The minimum Gasteiger partial charge on any atom is -0.497 e. The van der Waals surface area contributed by atoms with Crippen LogP contribution >= 0.6 is 11.6 Å². The van der Waals surface area contributed by atoms with Gasteiger partial charge in [-0.15, -0.1) is 0 Å². The lowest BCUT2D eigenvalue weighted by atomic mass is 10.1. The number of hydrogen-bond acceptors (Lipinski definition) is 4. The van der Waals surface area contributed by atoms with Crippen molar-refractivity contribution in [2.75, 3.05) is 19.0 Å². The van der Waals surface area contributed by atoms with Gasteiger partial charge in [0.2, 0.25) is 0 Å². The van der Waals surface area contributed by atoms with Gasteiger partial charge in [0.1, 0.15) is 23.9 Å². The summed E-state index contributed by atoms with van der Waals surface area (Å²) < 4.78 is 16.7. The molecule has 29 heavy (non-hydrogen) atoms. The summed E-state index contributed by atoms with van der Waals surface area (Å²) >= 11 is 6.16. The molecule has 0 radical (unpaired) electrons. The van der Waals surface area contributed by atoms with Gasteiger partial charge in [0.05, 0.1) is 18.7 Å². The highest BCUT2D eigenvalue weighted by Crippen LogP contribution is 2.27. The van der Waals surface area contributed by atoms with Crippen molar-refractivity contribution in [3.63, 3.8) is 0 Å². The van der Waals surface area contributed by atoms with Crippen molar-refractivity contribution in [1.82, 2.24) is 0 Å². The normalized spacial score (nSPS) is 10.3. The molecule has 3 rings (SSSR count). The van der Waals surface area contributed by atoms with Gasteiger partial charge in [0.15, 0.2) is 0 Å². The number of carbonyl (C=O) groups is 1. The molecule has 0 spiro atoms. The Bertz CT molecular complexity index is 990. The van der Waals surface area contributed by atoms with E-state index in [-0.39, 0.29) is 12.5 Å². The minimum atomic E-state index is -0.236. The number of nitrogens with one attached hydrogen (secondary N) is 1. The third kappa shape index (κ3) is 5.42. The molecule has 0 aliphatic heterocycles. The van der Waals surface area contributed by atoms with Crippen LogP contribution in [0.25, 0.3) is 0 Å². The predicted molar refractivity (Wildman–Crippen MR) is 114 cm³/mol. The van der Waals surface area contributed by atoms with Gasteiger partial charge in [-0.25, -0.2) is 0 Å². The molecule has 0 fully saturated rings. The van der Waals surface area contributed by atoms with E-state index in [1.807, 2.05) is 31.2 Å². The SMILES string of the molecule is CCOc1ccc(C(=O)Nc2cccc(OC)c2)cc1COc1ccccc1Cl. The summed E-state index contributed by atoms with van der Waals surface area (Å²) in [6.07, 6.45) is 0. The van der Waals surface area contributed by atoms with Crippen LogP contribution in [-0.4, -0.2) is 19.6 Å². The maximum absolute atomic E-state index is 12.7. The lowest BCUT2D eigenvalue weighted by Gasteiger charge is -2.14. The largest absolute Gasteiger partial charge is 0.497 e. The molecule has 150 valence electrons. The standard InChI is InChI=1S/C23H22ClNO4/c1-3-28-21-12-11-16(23(26)25-18-7-6-8-19(14-18)27-2)13-17(21)15-29-22-10-5-4-9-20(22)24/h4-14H,3,15H2,1-2H3,(H,25,26). The molecule has 0 saturated carbocycles. The number of rotatable bonds is 8. The summed E-state index contributed by atoms with van der Waals surface area (Å²) in [7, 11) is 1.58. The summed E-state index contributed by atoms with van der Waals surface area (Å²) in [5, 5.41) is 3.40. The highest BCUT2D eigenvalue weighted by atomic mass is 35.5. The monoisotopic (exact) mass is 411 g/mol. The number of ether oxygens (including phenoxy) is 3. The van der Waals surface area contributed by atoms with Crippen LogP contribution in [0.2, 0.25) is 5.02 Å². The number of halogens is 1. The topological polar surface area (TPSA) is 56.8 Å². The van der Waals surface area contributed by atoms with E-state index < -0.39 is 0 Å². The maximum Gasteiger partial charge on any atom is 0.255 e. The zero-order valence-electron chi connectivity index (χ0n) is 16.3. The molecule has 0 saturated heterocycles. The fourth-order valence-electron chi connectivity index (χ4n) is 2.75. The molecule has 0 aliphatic carbocycles. The first kappa shape index (κ1) is 20.6.